The lowest BCUT2D eigenvalue weighted by Gasteiger charge is -2.37. The number of aryl methyl sites for hydroxylation is 1. The van der Waals surface area contributed by atoms with Gasteiger partial charge in [-0.25, -0.2) is 0 Å². The minimum atomic E-state index is 0.240. The zero-order chi connectivity index (χ0) is 15.4. The lowest BCUT2D eigenvalue weighted by Crippen LogP contribution is -2.45. The summed E-state index contributed by atoms with van der Waals surface area (Å²) in [5.74, 6) is 0.240. The van der Waals surface area contributed by atoms with Crippen molar-refractivity contribution in [1.29, 1.82) is 0 Å². The van der Waals surface area contributed by atoms with Gasteiger partial charge in [0.2, 0.25) is 0 Å². The summed E-state index contributed by atoms with van der Waals surface area (Å²) in [6, 6.07) is 8.43. The first-order valence-corrected chi connectivity index (χ1v) is 8.84. The summed E-state index contributed by atoms with van der Waals surface area (Å²) in [5.41, 5.74) is 1.98. The second-order valence-electron chi connectivity index (χ2n) is 6.80. The lowest BCUT2D eigenvalue weighted by atomic mass is 9.97. The highest BCUT2D eigenvalue weighted by Crippen LogP contribution is 2.24. The van der Waals surface area contributed by atoms with Crippen LogP contribution in [0, 0.1) is 6.92 Å². The highest BCUT2D eigenvalue weighted by Gasteiger charge is 2.28. The molecular weight excluding hydrogens is 272 g/mol. The molecule has 1 amide bonds. The summed E-state index contributed by atoms with van der Waals surface area (Å²) in [6.07, 6.45) is 7.41. The molecule has 1 aromatic rings. The van der Waals surface area contributed by atoms with Crippen molar-refractivity contribution >= 4 is 5.91 Å². The molecule has 2 fully saturated rings. The number of likely N-dealkylation sites (tertiary alicyclic amines) is 2. The van der Waals surface area contributed by atoms with Gasteiger partial charge in [0.25, 0.3) is 5.91 Å². The van der Waals surface area contributed by atoms with Crippen molar-refractivity contribution in [3.05, 3.63) is 35.4 Å². The molecule has 0 saturated carbocycles. The van der Waals surface area contributed by atoms with Crippen LogP contribution in [-0.4, -0.2) is 47.9 Å². The van der Waals surface area contributed by atoms with Gasteiger partial charge < -0.3 is 9.80 Å². The van der Waals surface area contributed by atoms with Crippen molar-refractivity contribution in [2.24, 2.45) is 0 Å². The zero-order valence-corrected chi connectivity index (χ0v) is 13.8. The molecule has 2 aliphatic rings. The van der Waals surface area contributed by atoms with E-state index in [1.165, 1.54) is 38.8 Å². The van der Waals surface area contributed by atoms with Crippen LogP contribution in [0.3, 0.4) is 0 Å². The van der Waals surface area contributed by atoms with Gasteiger partial charge >= 0.3 is 0 Å². The molecule has 0 bridgehead atoms. The Morgan fingerprint density at radius 1 is 1.09 bits per heavy atom. The van der Waals surface area contributed by atoms with Gasteiger partial charge in [-0.15, -0.1) is 0 Å². The Labute approximate surface area is 134 Å². The van der Waals surface area contributed by atoms with Crippen molar-refractivity contribution in [1.82, 2.24) is 9.80 Å². The fourth-order valence-electron chi connectivity index (χ4n) is 3.87. The molecule has 2 heterocycles. The Hall–Kier alpha value is -1.35. The van der Waals surface area contributed by atoms with Crippen LogP contribution in [-0.2, 0) is 0 Å². The molecule has 0 unspecified atom stereocenters. The van der Waals surface area contributed by atoms with E-state index in [-0.39, 0.29) is 5.91 Å². The van der Waals surface area contributed by atoms with Crippen LogP contribution in [0.25, 0.3) is 0 Å². The summed E-state index contributed by atoms with van der Waals surface area (Å²) in [5, 5.41) is 0. The average Bonchev–Trinajstić information content (AvgIpc) is 3.06. The smallest absolute Gasteiger partial charge is 0.254 e. The van der Waals surface area contributed by atoms with Gasteiger partial charge in [0.05, 0.1) is 0 Å². The maximum Gasteiger partial charge on any atom is 0.254 e. The van der Waals surface area contributed by atoms with Crippen LogP contribution >= 0.6 is 0 Å². The van der Waals surface area contributed by atoms with Crippen molar-refractivity contribution in [2.75, 3.05) is 26.2 Å². The van der Waals surface area contributed by atoms with Gasteiger partial charge in [-0.2, -0.15) is 0 Å². The van der Waals surface area contributed by atoms with Crippen LogP contribution in [0.5, 0.6) is 0 Å². The van der Waals surface area contributed by atoms with Gasteiger partial charge in [0, 0.05) is 24.7 Å². The van der Waals surface area contributed by atoms with Crippen LogP contribution in [0.4, 0.5) is 0 Å². The molecular formula is C19H28N2O. The van der Waals surface area contributed by atoms with Crippen molar-refractivity contribution in [3.8, 4) is 0 Å². The van der Waals surface area contributed by atoms with Crippen LogP contribution < -0.4 is 0 Å². The number of carbonyl (C=O) groups is 1. The number of piperidine rings is 1. The Balaban J connectivity index is 1.66. The van der Waals surface area contributed by atoms with Crippen molar-refractivity contribution in [3.63, 3.8) is 0 Å². The van der Waals surface area contributed by atoms with Gasteiger partial charge in [-0.3, -0.25) is 4.79 Å². The topological polar surface area (TPSA) is 23.6 Å². The van der Waals surface area contributed by atoms with Gasteiger partial charge in [-0.1, -0.05) is 18.2 Å². The molecule has 1 atom stereocenters. The maximum absolute atomic E-state index is 12.9. The van der Waals surface area contributed by atoms with Crippen LogP contribution in [0.15, 0.2) is 24.3 Å². The number of hydrogen-bond donors (Lipinski definition) is 0. The lowest BCUT2D eigenvalue weighted by molar-refractivity contribution is 0.0587. The summed E-state index contributed by atoms with van der Waals surface area (Å²) < 4.78 is 0. The van der Waals surface area contributed by atoms with Gasteiger partial charge in [0.15, 0.2) is 0 Å². The van der Waals surface area contributed by atoms with E-state index in [9.17, 15) is 4.79 Å². The van der Waals surface area contributed by atoms with E-state index in [1.54, 1.807) is 0 Å². The van der Waals surface area contributed by atoms with E-state index in [4.69, 9.17) is 0 Å². The molecule has 2 aliphatic heterocycles. The average molecular weight is 300 g/mol. The van der Waals surface area contributed by atoms with Gasteiger partial charge in [-0.05, 0) is 70.2 Å². The number of rotatable bonds is 4. The Morgan fingerprint density at radius 3 is 2.59 bits per heavy atom. The van der Waals surface area contributed by atoms with E-state index >= 15 is 0 Å². The Morgan fingerprint density at radius 2 is 1.82 bits per heavy atom. The quantitative estimate of drug-likeness (QED) is 0.850. The second-order valence-corrected chi connectivity index (χ2v) is 6.80. The monoisotopic (exact) mass is 300 g/mol. The van der Waals surface area contributed by atoms with Crippen LogP contribution in [0.2, 0.25) is 0 Å². The highest BCUT2D eigenvalue weighted by atomic mass is 16.2. The number of hydrogen-bond acceptors (Lipinski definition) is 2. The third-order valence-corrected chi connectivity index (χ3v) is 5.24. The first-order valence-electron chi connectivity index (χ1n) is 8.84. The molecule has 0 radical (unpaired) electrons. The SMILES string of the molecule is Cc1ccccc1C(=O)N1CCCC[C@@H]1CCN1CCCC1. The second kappa shape index (κ2) is 7.28. The van der Waals surface area contributed by atoms with E-state index < -0.39 is 0 Å². The van der Waals surface area contributed by atoms with Crippen LogP contribution in [0.1, 0.15) is 54.4 Å². The number of nitrogens with zero attached hydrogens (tertiary/aromatic N) is 2. The van der Waals surface area contributed by atoms with E-state index in [0.717, 1.165) is 37.1 Å². The molecule has 22 heavy (non-hydrogen) atoms. The highest BCUT2D eigenvalue weighted by molar-refractivity contribution is 5.95. The molecule has 120 valence electrons. The maximum atomic E-state index is 12.9. The van der Waals surface area contributed by atoms with E-state index in [1.807, 2.05) is 31.2 Å². The Bertz CT molecular complexity index is 508. The minimum absolute atomic E-state index is 0.240. The fourth-order valence-corrected chi connectivity index (χ4v) is 3.87. The molecule has 0 aromatic heterocycles. The third-order valence-electron chi connectivity index (χ3n) is 5.24. The fraction of sp³-hybridized carbons (Fsp3) is 0.632. The number of amides is 1. The summed E-state index contributed by atoms with van der Waals surface area (Å²) >= 11 is 0. The van der Waals surface area contributed by atoms with Crippen molar-refractivity contribution < 1.29 is 4.79 Å². The summed E-state index contributed by atoms with van der Waals surface area (Å²) in [6.45, 7) is 6.62. The summed E-state index contributed by atoms with van der Waals surface area (Å²) in [7, 11) is 0. The number of benzene rings is 1. The van der Waals surface area contributed by atoms with E-state index in [2.05, 4.69) is 9.80 Å². The summed E-state index contributed by atoms with van der Waals surface area (Å²) in [4.78, 5) is 17.7. The predicted molar refractivity (Wildman–Crippen MR) is 90.1 cm³/mol. The molecule has 3 nitrogen and oxygen atoms in total. The third kappa shape index (κ3) is 3.52. The van der Waals surface area contributed by atoms with E-state index in [0.29, 0.717) is 6.04 Å². The molecule has 1 aromatic carbocycles. The zero-order valence-electron chi connectivity index (χ0n) is 13.8. The molecule has 2 saturated heterocycles. The number of carbonyl (C=O) groups excluding carboxylic acids is 1. The first kappa shape index (κ1) is 15.5. The molecule has 3 rings (SSSR count). The standard InChI is InChI=1S/C19H28N2O/c1-16-8-2-3-10-18(16)19(22)21-14-5-4-9-17(21)11-15-20-12-6-7-13-20/h2-3,8,10,17H,4-7,9,11-15H2,1H3/t17-/m1/s1. The molecule has 0 N–H and O–H groups in total. The minimum Gasteiger partial charge on any atom is -0.336 e. The molecule has 3 heteroatoms. The largest absolute Gasteiger partial charge is 0.336 e. The van der Waals surface area contributed by atoms with Crippen molar-refractivity contribution in [2.45, 2.75) is 51.5 Å². The molecule has 0 spiro atoms. The normalized spacial score (nSPS) is 23.0. The Kier molecular flexibility index (Phi) is 5.14. The molecule has 0 aliphatic carbocycles. The predicted octanol–water partition coefficient (Wildman–Crippen LogP) is 3.48. The first-order chi connectivity index (χ1) is 10.8. The van der Waals surface area contributed by atoms with Gasteiger partial charge in [0.1, 0.15) is 0 Å².